The van der Waals surface area contributed by atoms with E-state index in [9.17, 15) is 34.8 Å². The van der Waals surface area contributed by atoms with Gasteiger partial charge in [-0.1, -0.05) is 25.6 Å². The summed E-state index contributed by atoms with van der Waals surface area (Å²) in [5.74, 6) is -2.55. The normalized spacial score (nSPS) is 26.9. The standard InChI is InChI=1S/C35H43NO11/c1-16-11-18(12-21(28(16)38)36-33(43)47-34(3,4)5)46-23-14-35(45-7,17(2)15-37)13-20-25(23)32(42)27-26(30(20)40)29(39)19-9-8-10-22(44-6)24(19)31(27)41/h8-10,16,18,21,23,28,37-38,40,42H,2,11-15H2,1,3-7H3,(H,36,43)/t16-,18?,21+,23?,28-,35+/m1/s1. The third-order valence-corrected chi connectivity index (χ3v) is 9.49. The molecule has 0 radical (unpaired) electrons. The zero-order chi connectivity index (χ0) is 34.6. The number of fused-ring (bicyclic) bond motifs is 3. The summed E-state index contributed by atoms with van der Waals surface area (Å²) >= 11 is 0. The molecule has 5 N–H and O–H groups in total. The Labute approximate surface area is 273 Å². The number of methoxy groups -OCH3 is 2. The Morgan fingerprint density at radius 2 is 1.74 bits per heavy atom. The summed E-state index contributed by atoms with van der Waals surface area (Å²) in [5, 5.41) is 47.4. The second-order valence-electron chi connectivity index (χ2n) is 13.7. The number of rotatable bonds is 7. The predicted molar refractivity (Wildman–Crippen MR) is 169 cm³/mol. The number of aliphatic hydroxyl groups is 2. The van der Waals surface area contributed by atoms with Gasteiger partial charge in [-0.25, -0.2) is 4.79 Å². The first-order valence-electron chi connectivity index (χ1n) is 15.6. The van der Waals surface area contributed by atoms with E-state index in [1.165, 1.54) is 26.4 Å². The molecule has 1 saturated carbocycles. The van der Waals surface area contributed by atoms with E-state index in [2.05, 4.69) is 11.9 Å². The van der Waals surface area contributed by atoms with E-state index >= 15 is 0 Å². The molecule has 12 nitrogen and oxygen atoms in total. The number of benzene rings is 2. The van der Waals surface area contributed by atoms with Crippen molar-refractivity contribution in [3.05, 3.63) is 63.7 Å². The number of aliphatic hydroxyl groups excluding tert-OH is 2. The van der Waals surface area contributed by atoms with Crippen LogP contribution in [0.25, 0.3) is 0 Å². The van der Waals surface area contributed by atoms with Gasteiger partial charge in [0.25, 0.3) is 0 Å². The van der Waals surface area contributed by atoms with E-state index in [1.807, 2.05) is 6.92 Å². The first kappa shape index (κ1) is 34.4. The summed E-state index contributed by atoms with van der Waals surface area (Å²) in [6, 6.07) is 3.82. The predicted octanol–water partition coefficient (Wildman–Crippen LogP) is 3.87. The van der Waals surface area contributed by atoms with E-state index in [1.54, 1.807) is 26.8 Å². The average molecular weight is 654 g/mol. The van der Waals surface area contributed by atoms with Gasteiger partial charge in [-0.05, 0) is 51.2 Å². The van der Waals surface area contributed by atoms with Crippen molar-refractivity contribution in [3.63, 3.8) is 0 Å². The molecule has 3 aliphatic rings. The number of amides is 1. The monoisotopic (exact) mass is 653 g/mol. The van der Waals surface area contributed by atoms with Gasteiger partial charge in [0.2, 0.25) is 5.78 Å². The van der Waals surface area contributed by atoms with Gasteiger partial charge in [-0.15, -0.1) is 0 Å². The lowest BCUT2D eigenvalue weighted by Gasteiger charge is -2.45. The van der Waals surface area contributed by atoms with Crippen molar-refractivity contribution in [1.29, 1.82) is 0 Å². The molecule has 2 unspecified atom stereocenters. The molecule has 0 saturated heterocycles. The molecule has 2 aromatic carbocycles. The fraction of sp³-hybridized carbons (Fsp3) is 0.514. The van der Waals surface area contributed by atoms with Crippen LogP contribution in [-0.4, -0.2) is 88.4 Å². The highest BCUT2D eigenvalue weighted by molar-refractivity contribution is 6.31. The quantitative estimate of drug-likeness (QED) is 0.184. The van der Waals surface area contributed by atoms with E-state index < -0.39 is 71.3 Å². The number of alkyl carbamates (subject to hydrolysis) is 1. The second kappa shape index (κ2) is 12.6. The Bertz CT molecular complexity index is 1630. The highest BCUT2D eigenvalue weighted by Crippen LogP contribution is 2.54. The van der Waals surface area contributed by atoms with Crippen molar-refractivity contribution in [2.45, 2.75) is 88.9 Å². The summed E-state index contributed by atoms with van der Waals surface area (Å²) in [4.78, 5) is 40.4. The van der Waals surface area contributed by atoms with Gasteiger partial charge in [0, 0.05) is 36.6 Å². The van der Waals surface area contributed by atoms with Crippen molar-refractivity contribution in [1.82, 2.24) is 5.32 Å². The van der Waals surface area contributed by atoms with Gasteiger partial charge in [0.15, 0.2) is 5.78 Å². The molecule has 47 heavy (non-hydrogen) atoms. The smallest absolute Gasteiger partial charge is 0.407 e. The number of ether oxygens (including phenoxy) is 4. The van der Waals surface area contributed by atoms with Crippen LogP contribution >= 0.6 is 0 Å². The number of phenols is 2. The SMILES string of the molecule is C=C(CO)[C@]1(OC)Cc2c(O)c3c(c(O)c2C(OC2C[C@@H](C)[C@@H](O)[C@@H](NC(=O)OC(C)(C)C)C2)C1)C(=O)c1c(OC)cccc1C3=O. The summed E-state index contributed by atoms with van der Waals surface area (Å²) in [7, 11) is 2.79. The maximum absolute atomic E-state index is 14.0. The van der Waals surface area contributed by atoms with Crippen LogP contribution in [0.4, 0.5) is 4.79 Å². The minimum atomic E-state index is -1.28. The van der Waals surface area contributed by atoms with Crippen LogP contribution in [0, 0.1) is 5.92 Å². The van der Waals surface area contributed by atoms with Crippen molar-refractivity contribution in [2.75, 3.05) is 20.8 Å². The lowest BCUT2D eigenvalue weighted by Crippen LogP contribution is -2.53. The summed E-state index contributed by atoms with van der Waals surface area (Å²) in [6.07, 6.45) is -2.70. The molecule has 0 spiro atoms. The molecular weight excluding hydrogens is 610 g/mol. The molecule has 0 aliphatic heterocycles. The fourth-order valence-corrected chi connectivity index (χ4v) is 7.15. The maximum Gasteiger partial charge on any atom is 0.407 e. The van der Waals surface area contributed by atoms with Gasteiger partial charge < -0.3 is 44.7 Å². The van der Waals surface area contributed by atoms with Gasteiger partial charge >= 0.3 is 6.09 Å². The highest BCUT2D eigenvalue weighted by Gasteiger charge is 2.49. The number of carbonyl (C=O) groups excluding carboxylic acids is 3. The first-order chi connectivity index (χ1) is 22.1. The van der Waals surface area contributed by atoms with Crippen LogP contribution in [0.15, 0.2) is 30.4 Å². The molecule has 2 aromatic rings. The molecule has 6 atom stereocenters. The van der Waals surface area contributed by atoms with Crippen molar-refractivity contribution in [2.24, 2.45) is 5.92 Å². The molecule has 0 bridgehead atoms. The number of hydrogen-bond acceptors (Lipinski definition) is 11. The number of phenolic OH excluding ortho intramolecular Hbond substituents is 2. The number of ketones is 2. The Hall–Kier alpha value is -3.97. The lowest BCUT2D eigenvalue weighted by molar-refractivity contribution is -0.112. The number of carbonyl (C=O) groups is 3. The maximum atomic E-state index is 14.0. The van der Waals surface area contributed by atoms with Gasteiger partial charge in [-0.2, -0.15) is 0 Å². The average Bonchev–Trinajstić information content (AvgIpc) is 3.01. The first-order valence-corrected chi connectivity index (χ1v) is 15.6. The van der Waals surface area contributed by atoms with Crippen LogP contribution in [0.5, 0.6) is 17.2 Å². The third kappa shape index (κ3) is 5.99. The molecule has 0 aromatic heterocycles. The molecule has 254 valence electrons. The van der Waals surface area contributed by atoms with E-state index in [0.717, 1.165) is 0 Å². The minimum Gasteiger partial charge on any atom is -0.507 e. The van der Waals surface area contributed by atoms with Crippen LogP contribution in [-0.2, 0) is 20.6 Å². The van der Waals surface area contributed by atoms with Crippen LogP contribution < -0.4 is 10.1 Å². The van der Waals surface area contributed by atoms with E-state index in [4.69, 9.17) is 18.9 Å². The van der Waals surface area contributed by atoms with Gasteiger partial charge in [-0.3, -0.25) is 9.59 Å². The number of nitrogens with one attached hydrogen (secondary N) is 1. The van der Waals surface area contributed by atoms with Crippen LogP contribution in [0.3, 0.4) is 0 Å². The van der Waals surface area contributed by atoms with Crippen molar-refractivity contribution >= 4 is 17.7 Å². The summed E-state index contributed by atoms with van der Waals surface area (Å²) in [6.45, 7) is 10.6. The molecule has 0 heterocycles. The van der Waals surface area contributed by atoms with Crippen LogP contribution in [0.2, 0.25) is 0 Å². The minimum absolute atomic E-state index is 0.0242. The Morgan fingerprint density at radius 3 is 2.36 bits per heavy atom. The second-order valence-corrected chi connectivity index (χ2v) is 13.7. The van der Waals surface area contributed by atoms with Crippen LogP contribution in [0.1, 0.15) is 96.0 Å². The topological polar surface area (TPSA) is 181 Å². The molecular formula is C35H43NO11. The highest BCUT2D eigenvalue weighted by atomic mass is 16.6. The molecule has 5 rings (SSSR count). The summed E-state index contributed by atoms with van der Waals surface area (Å²) in [5.41, 5.74) is -2.23. The zero-order valence-corrected chi connectivity index (χ0v) is 27.5. The largest absolute Gasteiger partial charge is 0.507 e. The van der Waals surface area contributed by atoms with Gasteiger partial charge in [0.05, 0.1) is 60.4 Å². The Balaban J connectivity index is 1.60. The Kier molecular flexibility index (Phi) is 9.19. The van der Waals surface area contributed by atoms with E-state index in [0.29, 0.717) is 6.42 Å². The summed E-state index contributed by atoms with van der Waals surface area (Å²) < 4.78 is 23.3. The molecule has 3 aliphatic carbocycles. The van der Waals surface area contributed by atoms with Crippen molar-refractivity contribution in [3.8, 4) is 17.2 Å². The third-order valence-electron chi connectivity index (χ3n) is 9.49. The van der Waals surface area contributed by atoms with Gasteiger partial charge in [0.1, 0.15) is 22.8 Å². The molecule has 12 heteroatoms. The molecule has 1 amide bonds. The zero-order valence-electron chi connectivity index (χ0n) is 27.5. The lowest BCUT2D eigenvalue weighted by atomic mass is 9.71. The van der Waals surface area contributed by atoms with E-state index in [-0.39, 0.29) is 69.9 Å². The number of aromatic hydroxyl groups is 2. The fourth-order valence-electron chi connectivity index (χ4n) is 7.15. The molecule has 1 fully saturated rings. The Morgan fingerprint density at radius 1 is 1.06 bits per heavy atom. The van der Waals surface area contributed by atoms with Crippen molar-refractivity contribution < 1.29 is 53.8 Å². The number of hydrogen-bond donors (Lipinski definition) is 5.